The fourth-order valence-corrected chi connectivity index (χ4v) is 1.48. The summed E-state index contributed by atoms with van der Waals surface area (Å²) in [5.74, 6) is -0.0645. The molecule has 18 heavy (non-hydrogen) atoms. The minimum absolute atomic E-state index is 0.397. The highest BCUT2D eigenvalue weighted by atomic mass is 35.5. The van der Waals surface area contributed by atoms with Gasteiger partial charge in [0.05, 0.1) is 17.2 Å². The third-order valence-electron chi connectivity index (χ3n) is 2.27. The molecule has 0 heterocycles. The van der Waals surface area contributed by atoms with Crippen molar-refractivity contribution in [2.24, 2.45) is 0 Å². The number of hydrogen-bond donors (Lipinski definition) is 0. The largest absolute Gasteiger partial charge is 0.423 e. The zero-order chi connectivity index (χ0) is 13.0. The summed E-state index contributed by atoms with van der Waals surface area (Å²) in [4.78, 5) is 11.7. The van der Waals surface area contributed by atoms with Gasteiger partial charge in [-0.3, -0.25) is 0 Å². The molecular weight excluding hydrogens is 250 g/mol. The molecule has 0 aliphatic rings. The van der Waals surface area contributed by atoms with E-state index in [1.165, 1.54) is 0 Å². The molecule has 0 saturated heterocycles. The fourth-order valence-electron chi connectivity index (χ4n) is 1.35. The Morgan fingerprint density at radius 1 is 1.06 bits per heavy atom. The lowest BCUT2D eigenvalue weighted by atomic mass is 10.2. The number of rotatable bonds is 2. The molecule has 0 aromatic heterocycles. The molecule has 0 saturated carbocycles. The van der Waals surface area contributed by atoms with Crippen LogP contribution in [0.1, 0.15) is 15.9 Å². The summed E-state index contributed by atoms with van der Waals surface area (Å²) in [7, 11) is 0. The van der Waals surface area contributed by atoms with Crippen molar-refractivity contribution in [1.29, 1.82) is 5.26 Å². The molecule has 0 bridgehead atoms. The van der Waals surface area contributed by atoms with Crippen molar-refractivity contribution in [3.05, 3.63) is 64.7 Å². The summed E-state index contributed by atoms with van der Waals surface area (Å²) >= 11 is 5.73. The van der Waals surface area contributed by atoms with Gasteiger partial charge in [0.25, 0.3) is 0 Å². The van der Waals surface area contributed by atoms with Crippen LogP contribution in [0.25, 0.3) is 0 Å². The smallest absolute Gasteiger partial charge is 0.343 e. The van der Waals surface area contributed by atoms with Crippen LogP contribution in [0.4, 0.5) is 0 Å². The van der Waals surface area contributed by atoms with Crippen molar-refractivity contribution in [3.8, 4) is 11.8 Å². The number of benzene rings is 2. The molecule has 3 nitrogen and oxygen atoms in total. The number of ether oxygens (including phenoxy) is 1. The van der Waals surface area contributed by atoms with E-state index in [9.17, 15) is 4.79 Å². The van der Waals surface area contributed by atoms with E-state index in [4.69, 9.17) is 21.6 Å². The van der Waals surface area contributed by atoms with Gasteiger partial charge in [-0.15, -0.1) is 0 Å². The van der Waals surface area contributed by atoms with Gasteiger partial charge in [-0.1, -0.05) is 11.6 Å². The maximum Gasteiger partial charge on any atom is 0.343 e. The van der Waals surface area contributed by atoms with Gasteiger partial charge in [0, 0.05) is 5.02 Å². The first-order valence-electron chi connectivity index (χ1n) is 5.17. The fraction of sp³-hybridized carbons (Fsp3) is 0. The quantitative estimate of drug-likeness (QED) is 0.612. The zero-order valence-corrected chi connectivity index (χ0v) is 10.0. The van der Waals surface area contributed by atoms with Crippen molar-refractivity contribution < 1.29 is 9.53 Å². The Bertz CT molecular complexity index is 597. The van der Waals surface area contributed by atoms with Crippen LogP contribution in [-0.4, -0.2) is 5.97 Å². The van der Waals surface area contributed by atoms with Crippen LogP contribution in [0.2, 0.25) is 5.02 Å². The number of carbonyl (C=O) groups is 1. The van der Waals surface area contributed by atoms with Crippen molar-refractivity contribution in [3.63, 3.8) is 0 Å². The third-order valence-corrected chi connectivity index (χ3v) is 2.53. The van der Waals surface area contributed by atoms with Gasteiger partial charge in [0.2, 0.25) is 0 Å². The van der Waals surface area contributed by atoms with E-state index in [0.717, 1.165) is 0 Å². The second kappa shape index (κ2) is 5.35. The van der Waals surface area contributed by atoms with E-state index in [-0.39, 0.29) is 0 Å². The first kappa shape index (κ1) is 12.2. The van der Waals surface area contributed by atoms with Gasteiger partial charge in [-0.05, 0) is 48.5 Å². The molecule has 88 valence electrons. The maximum absolute atomic E-state index is 11.7. The summed E-state index contributed by atoms with van der Waals surface area (Å²) in [5, 5.41) is 9.20. The van der Waals surface area contributed by atoms with Crippen LogP contribution in [0.15, 0.2) is 48.5 Å². The number of nitrogens with zero attached hydrogens (tertiary/aromatic N) is 1. The molecule has 4 heteroatoms. The summed E-state index contributed by atoms with van der Waals surface area (Å²) in [5.41, 5.74) is 0.935. The predicted octanol–water partition coefficient (Wildman–Crippen LogP) is 3.43. The summed E-state index contributed by atoms with van der Waals surface area (Å²) < 4.78 is 5.15. The Morgan fingerprint density at radius 3 is 2.22 bits per heavy atom. The van der Waals surface area contributed by atoms with Gasteiger partial charge in [-0.2, -0.15) is 5.26 Å². The highest BCUT2D eigenvalue weighted by Crippen LogP contribution is 2.15. The zero-order valence-electron chi connectivity index (χ0n) is 9.26. The predicted molar refractivity (Wildman–Crippen MR) is 67.6 cm³/mol. The number of carbonyl (C=O) groups excluding carboxylic acids is 1. The summed E-state index contributed by atoms with van der Waals surface area (Å²) in [6.45, 7) is 0. The van der Waals surface area contributed by atoms with E-state index in [0.29, 0.717) is 21.9 Å². The van der Waals surface area contributed by atoms with Gasteiger partial charge in [0.1, 0.15) is 5.75 Å². The minimum atomic E-state index is -0.462. The van der Waals surface area contributed by atoms with Crippen LogP contribution in [0, 0.1) is 11.3 Å². The minimum Gasteiger partial charge on any atom is -0.423 e. The van der Waals surface area contributed by atoms with Crippen molar-refractivity contribution in [1.82, 2.24) is 0 Å². The molecule has 2 rings (SSSR count). The van der Waals surface area contributed by atoms with E-state index >= 15 is 0 Å². The summed E-state index contributed by atoms with van der Waals surface area (Å²) in [6.07, 6.45) is 0. The molecule has 0 aliphatic carbocycles. The van der Waals surface area contributed by atoms with Crippen molar-refractivity contribution in [2.75, 3.05) is 0 Å². The lowest BCUT2D eigenvalue weighted by molar-refractivity contribution is 0.0735. The second-order valence-corrected chi connectivity index (χ2v) is 3.97. The van der Waals surface area contributed by atoms with Crippen LogP contribution >= 0.6 is 11.6 Å². The molecule has 0 amide bonds. The molecule has 0 aliphatic heterocycles. The molecular formula is C14H8ClNO2. The van der Waals surface area contributed by atoms with Gasteiger partial charge < -0.3 is 4.74 Å². The third kappa shape index (κ3) is 2.88. The van der Waals surface area contributed by atoms with Crippen LogP contribution < -0.4 is 4.74 Å². The summed E-state index contributed by atoms with van der Waals surface area (Å²) in [6, 6.07) is 14.7. The SMILES string of the molecule is N#Cc1ccc(OC(=O)c2ccc(Cl)cc2)cc1. The average Bonchev–Trinajstić information content (AvgIpc) is 2.40. The average molecular weight is 258 g/mol. The maximum atomic E-state index is 11.7. The Morgan fingerprint density at radius 2 is 1.67 bits per heavy atom. The molecule has 0 fully saturated rings. The van der Waals surface area contributed by atoms with Gasteiger partial charge in [-0.25, -0.2) is 4.79 Å². The first-order valence-corrected chi connectivity index (χ1v) is 5.55. The standard InChI is InChI=1S/C14H8ClNO2/c15-12-5-3-11(4-6-12)14(17)18-13-7-1-10(9-16)2-8-13/h1-8H. The topological polar surface area (TPSA) is 50.1 Å². The number of halogens is 1. The van der Waals surface area contributed by atoms with E-state index in [1.807, 2.05) is 6.07 Å². The molecule has 0 N–H and O–H groups in total. The lowest BCUT2D eigenvalue weighted by Gasteiger charge is -2.04. The number of esters is 1. The van der Waals surface area contributed by atoms with Crippen molar-refractivity contribution >= 4 is 17.6 Å². The Labute approximate surface area is 109 Å². The molecule has 2 aromatic carbocycles. The lowest BCUT2D eigenvalue weighted by Crippen LogP contribution is -2.08. The van der Waals surface area contributed by atoms with Crippen LogP contribution in [0.5, 0.6) is 5.75 Å². The van der Waals surface area contributed by atoms with E-state index < -0.39 is 5.97 Å². The monoisotopic (exact) mass is 257 g/mol. The molecule has 0 radical (unpaired) electrons. The van der Waals surface area contributed by atoms with Crippen LogP contribution in [0.3, 0.4) is 0 Å². The number of nitriles is 1. The van der Waals surface area contributed by atoms with Gasteiger partial charge >= 0.3 is 5.97 Å². The Hall–Kier alpha value is -2.31. The van der Waals surface area contributed by atoms with Crippen LogP contribution in [-0.2, 0) is 0 Å². The van der Waals surface area contributed by atoms with Gasteiger partial charge in [0.15, 0.2) is 0 Å². The molecule has 0 spiro atoms. The van der Waals surface area contributed by atoms with E-state index in [1.54, 1.807) is 48.5 Å². The number of hydrogen-bond acceptors (Lipinski definition) is 3. The molecule has 2 aromatic rings. The second-order valence-electron chi connectivity index (χ2n) is 3.53. The molecule has 0 atom stereocenters. The molecule has 0 unspecified atom stereocenters. The highest BCUT2D eigenvalue weighted by molar-refractivity contribution is 6.30. The Kier molecular flexibility index (Phi) is 3.61. The Balaban J connectivity index is 2.11. The highest BCUT2D eigenvalue weighted by Gasteiger charge is 2.08. The normalized spacial score (nSPS) is 9.56. The van der Waals surface area contributed by atoms with E-state index in [2.05, 4.69) is 0 Å². The first-order chi connectivity index (χ1) is 8.69. The van der Waals surface area contributed by atoms with Crippen molar-refractivity contribution in [2.45, 2.75) is 0 Å².